The minimum atomic E-state index is -1.01. The number of methoxy groups -OCH3 is 1. The van der Waals surface area contributed by atoms with E-state index in [9.17, 15) is 9.59 Å². The Labute approximate surface area is 164 Å². The van der Waals surface area contributed by atoms with Crippen LogP contribution in [-0.2, 0) is 0 Å². The average Bonchev–Trinajstić information content (AvgIpc) is 3.24. The van der Waals surface area contributed by atoms with Gasteiger partial charge in [0.1, 0.15) is 4.88 Å². The van der Waals surface area contributed by atoms with E-state index >= 15 is 0 Å². The molecule has 0 aliphatic carbocycles. The topological polar surface area (TPSA) is 97.2 Å². The number of thiophene rings is 1. The first-order valence-corrected chi connectivity index (χ1v) is 9.01. The van der Waals surface area contributed by atoms with Crippen LogP contribution < -0.4 is 14.9 Å². The quantitative estimate of drug-likeness (QED) is 0.270. The molecule has 2 N–H and O–H groups in total. The summed E-state index contributed by atoms with van der Waals surface area (Å²) in [6.07, 6.45) is 1.54. The van der Waals surface area contributed by atoms with Gasteiger partial charge in [-0.15, -0.1) is 11.3 Å². The van der Waals surface area contributed by atoms with Gasteiger partial charge in [-0.1, -0.05) is 12.1 Å². The predicted octanol–water partition coefficient (Wildman–Crippen LogP) is 4.12. The summed E-state index contributed by atoms with van der Waals surface area (Å²) in [6, 6.07) is 14.8. The van der Waals surface area contributed by atoms with Gasteiger partial charge < -0.3 is 14.6 Å². The fourth-order valence-corrected chi connectivity index (χ4v) is 2.90. The Balaban J connectivity index is 1.69. The number of carboxylic acids is 1. The highest BCUT2D eigenvalue weighted by atomic mass is 32.1. The summed E-state index contributed by atoms with van der Waals surface area (Å²) < 4.78 is 10.7. The van der Waals surface area contributed by atoms with Crippen LogP contribution in [0.15, 0.2) is 65.1 Å². The maximum Gasteiger partial charge on any atom is 0.353 e. The lowest BCUT2D eigenvalue weighted by molar-refractivity contribution is 0.0694. The summed E-state index contributed by atoms with van der Waals surface area (Å²) in [7, 11) is 1.48. The van der Waals surface area contributed by atoms with Crippen molar-refractivity contribution >= 4 is 35.2 Å². The maximum absolute atomic E-state index is 12.1. The van der Waals surface area contributed by atoms with Gasteiger partial charge >= 0.3 is 11.9 Å². The molecule has 7 nitrogen and oxygen atoms in total. The maximum atomic E-state index is 12.1. The third-order valence-electron chi connectivity index (χ3n) is 3.63. The number of benzene rings is 2. The number of ether oxygens (including phenoxy) is 2. The normalized spacial score (nSPS) is 10.6. The second-order valence-corrected chi connectivity index (χ2v) is 6.48. The molecule has 8 heteroatoms. The first-order chi connectivity index (χ1) is 13.6. The molecule has 0 radical (unpaired) electrons. The van der Waals surface area contributed by atoms with Gasteiger partial charge in [-0.2, -0.15) is 5.10 Å². The average molecular weight is 396 g/mol. The minimum Gasteiger partial charge on any atom is -0.493 e. The predicted molar refractivity (Wildman–Crippen MR) is 107 cm³/mol. The minimum absolute atomic E-state index is 0.166. The Morgan fingerprint density at radius 3 is 2.68 bits per heavy atom. The third-order valence-corrected chi connectivity index (χ3v) is 4.48. The highest BCUT2D eigenvalue weighted by molar-refractivity contribution is 7.12. The number of hydrogen-bond acceptors (Lipinski definition) is 7. The molecule has 1 aromatic heterocycles. The van der Waals surface area contributed by atoms with Crippen molar-refractivity contribution in [3.05, 3.63) is 76.0 Å². The number of rotatable bonds is 7. The van der Waals surface area contributed by atoms with Crippen LogP contribution in [0.25, 0.3) is 0 Å². The Kier molecular flexibility index (Phi) is 6.03. The number of esters is 1. The van der Waals surface area contributed by atoms with Crippen molar-refractivity contribution in [2.24, 2.45) is 5.10 Å². The highest BCUT2D eigenvalue weighted by Gasteiger charge is 2.13. The van der Waals surface area contributed by atoms with Crippen LogP contribution in [-0.4, -0.2) is 30.4 Å². The van der Waals surface area contributed by atoms with E-state index in [0.717, 1.165) is 0 Å². The van der Waals surface area contributed by atoms with E-state index in [0.29, 0.717) is 27.6 Å². The molecule has 0 atom stereocenters. The van der Waals surface area contributed by atoms with Crippen LogP contribution >= 0.6 is 11.3 Å². The molecule has 3 rings (SSSR count). The van der Waals surface area contributed by atoms with Gasteiger partial charge in [-0.05, 0) is 53.4 Å². The van der Waals surface area contributed by atoms with Crippen molar-refractivity contribution in [3.63, 3.8) is 0 Å². The largest absolute Gasteiger partial charge is 0.493 e. The summed E-state index contributed by atoms with van der Waals surface area (Å²) in [5.41, 5.74) is 4.19. The molecular formula is C20H16N2O5S. The molecule has 0 saturated heterocycles. The van der Waals surface area contributed by atoms with Crippen molar-refractivity contribution in [1.29, 1.82) is 0 Å². The second-order valence-electron chi connectivity index (χ2n) is 5.53. The molecule has 0 spiro atoms. The SMILES string of the molecule is COc1cc(/C=N\Nc2cccc(C(=O)O)c2)ccc1OC(=O)c1cccs1. The number of aromatic carboxylic acids is 1. The van der Waals surface area contributed by atoms with E-state index in [1.807, 2.05) is 0 Å². The molecule has 0 aliphatic heterocycles. The molecule has 1 heterocycles. The number of hydrazone groups is 1. The fourth-order valence-electron chi connectivity index (χ4n) is 2.30. The zero-order chi connectivity index (χ0) is 19.9. The first-order valence-electron chi connectivity index (χ1n) is 8.13. The smallest absolute Gasteiger partial charge is 0.353 e. The zero-order valence-electron chi connectivity index (χ0n) is 14.8. The Bertz CT molecular complexity index is 1020. The van der Waals surface area contributed by atoms with E-state index in [1.54, 1.807) is 54.1 Å². The van der Waals surface area contributed by atoms with Gasteiger partial charge in [-0.25, -0.2) is 9.59 Å². The van der Waals surface area contributed by atoms with Crippen LogP contribution in [0.3, 0.4) is 0 Å². The molecular weight excluding hydrogens is 380 g/mol. The van der Waals surface area contributed by atoms with Crippen LogP contribution in [0.5, 0.6) is 11.5 Å². The monoisotopic (exact) mass is 396 g/mol. The molecule has 0 saturated carbocycles. The number of nitrogens with zero attached hydrogens (tertiary/aromatic N) is 1. The van der Waals surface area contributed by atoms with Crippen LogP contribution in [0.2, 0.25) is 0 Å². The van der Waals surface area contributed by atoms with E-state index in [2.05, 4.69) is 10.5 Å². The van der Waals surface area contributed by atoms with Crippen molar-refractivity contribution in [2.75, 3.05) is 12.5 Å². The molecule has 0 unspecified atom stereocenters. The van der Waals surface area contributed by atoms with Crippen molar-refractivity contribution in [3.8, 4) is 11.5 Å². The van der Waals surface area contributed by atoms with E-state index in [1.165, 1.54) is 30.6 Å². The molecule has 0 amide bonds. The van der Waals surface area contributed by atoms with Crippen molar-refractivity contribution in [1.82, 2.24) is 0 Å². The summed E-state index contributed by atoms with van der Waals surface area (Å²) >= 11 is 1.30. The van der Waals surface area contributed by atoms with Gasteiger partial charge in [0, 0.05) is 0 Å². The molecule has 0 bridgehead atoms. The molecule has 2 aromatic carbocycles. The zero-order valence-corrected chi connectivity index (χ0v) is 15.6. The Morgan fingerprint density at radius 2 is 1.96 bits per heavy atom. The van der Waals surface area contributed by atoms with E-state index in [4.69, 9.17) is 14.6 Å². The third kappa shape index (κ3) is 4.74. The molecule has 28 heavy (non-hydrogen) atoms. The summed E-state index contributed by atoms with van der Waals surface area (Å²) in [4.78, 5) is 23.6. The summed E-state index contributed by atoms with van der Waals surface area (Å²) in [5, 5.41) is 14.9. The van der Waals surface area contributed by atoms with Crippen LogP contribution in [0.4, 0.5) is 5.69 Å². The summed E-state index contributed by atoms with van der Waals surface area (Å²) in [6.45, 7) is 0. The molecule has 0 fully saturated rings. The second kappa shape index (κ2) is 8.83. The number of carboxylic acid groups (broad SMARTS) is 1. The first kappa shape index (κ1) is 19.1. The highest BCUT2D eigenvalue weighted by Crippen LogP contribution is 2.29. The van der Waals surface area contributed by atoms with Crippen molar-refractivity contribution in [2.45, 2.75) is 0 Å². The number of nitrogens with one attached hydrogen (secondary N) is 1. The number of hydrogen-bond donors (Lipinski definition) is 2. The van der Waals surface area contributed by atoms with Crippen LogP contribution in [0.1, 0.15) is 25.6 Å². The van der Waals surface area contributed by atoms with Gasteiger partial charge in [0.2, 0.25) is 0 Å². The molecule has 0 aliphatic rings. The lowest BCUT2D eigenvalue weighted by Crippen LogP contribution is -2.07. The van der Waals surface area contributed by atoms with Gasteiger partial charge in [0.15, 0.2) is 11.5 Å². The van der Waals surface area contributed by atoms with Gasteiger partial charge in [0.05, 0.1) is 24.6 Å². The van der Waals surface area contributed by atoms with E-state index in [-0.39, 0.29) is 5.56 Å². The van der Waals surface area contributed by atoms with Crippen LogP contribution in [0, 0.1) is 0 Å². The standard InChI is InChI=1S/C20H16N2O5S/c1-26-17-10-13(7-8-16(17)27-20(25)18-6-3-9-28-18)12-21-22-15-5-2-4-14(11-15)19(23)24/h2-12,22H,1H3,(H,23,24)/b21-12-. The number of carbonyl (C=O) groups is 2. The molecule has 142 valence electrons. The van der Waals surface area contributed by atoms with Crippen molar-refractivity contribution < 1.29 is 24.2 Å². The molecule has 3 aromatic rings. The van der Waals surface area contributed by atoms with E-state index < -0.39 is 11.9 Å². The summed E-state index contributed by atoms with van der Waals surface area (Å²) in [5.74, 6) is -0.762. The van der Waals surface area contributed by atoms with Gasteiger partial charge in [0.25, 0.3) is 0 Å². The lowest BCUT2D eigenvalue weighted by Gasteiger charge is -2.09. The van der Waals surface area contributed by atoms with Gasteiger partial charge in [-0.3, -0.25) is 5.43 Å². The lowest BCUT2D eigenvalue weighted by atomic mass is 10.2. The Morgan fingerprint density at radius 1 is 1.11 bits per heavy atom. The number of anilines is 1. The number of carbonyl (C=O) groups excluding carboxylic acids is 1. The fraction of sp³-hybridized carbons (Fsp3) is 0.0500. The Hall–Kier alpha value is -3.65.